The minimum absolute atomic E-state index is 0.0929. The number of nitrogens with two attached hydrogens (primary N) is 1. The van der Waals surface area contributed by atoms with Crippen LogP contribution in [0.3, 0.4) is 0 Å². The first-order valence-electron chi connectivity index (χ1n) is 9.49. The first kappa shape index (κ1) is 17.9. The van der Waals surface area contributed by atoms with Crippen LogP contribution in [0, 0.1) is 5.92 Å². The third kappa shape index (κ3) is 4.82. The van der Waals surface area contributed by atoms with Crippen LogP contribution in [-0.2, 0) is 16.0 Å². The van der Waals surface area contributed by atoms with Gasteiger partial charge in [-0.1, -0.05) is 30.3 Å². The molecule has 2 fully saturated rings. The predicted molar refractivity (Wildman–Crippen MR) is 97.9 cm³/mol. The lowest BCUT2D eigenvalue weighted by atomic mass is 10.1. The minimum Gasteiger partial charge on any atom is -0.341 e. The van der Waals surface area contributed by atoms with Gasteiger partial charge >= 0.3 is 0 Å². The van der Waals surface area contributed by atoms with Crippen LogP contribution in [-0.4, -0.2) is 53.8 Å². The first-order valence-corrected chi connectivity index (χ1v) is 9.49. The van der Waals surface area contributed by atoms with Gasteiger partial charge in [0.05, 0.1) is 0 Å². The number of carbonyl (C=O) groups excluding carboxylic acids is 2. The maximum atomic E-state index is 12.7. The van der Waals surface area contributed by atoms with E-state index in [1.54, 1.807) is 0 Å². The van der Waals surface area contributed by atoms with Crippen molar-refractivity contribution < 1.29 is 9.59 Å². The zero-order valence-electron chi connectivity index (χ0n) is 14.9. The third-order valence-electron chi connectivity index (χ3n) is 5.45. The van der Waals surface area contributed by atoms with Gasteiger partial charge in [-0.3, -0.25) is 9.59 Å². The highest BCUT2D eigenvalue weighted by atomic mass is 16.2. The molecule has 0 unspecified atom stereocenters. The Morgan fingerprint density at radius 2 is 1.72 bits per heavy atom. The molecule has 1 aromatic rings. The van der Waals surface area contributed by atoms with Crippen molar-refractivity contribution in [3.8, 4) is 0 Å². The van der Waals surface area contributed by atoms with Gasteiger partial charge in [0.1, 0.15) is 0 Å². The molecule has 0 radical (unpaired) electrons. The summed E-state index contributed by atoms with van der Waals surface area (Å²) in [5.41, 5.74) is 7.14. The van der Waals surface area contributed by atoms with Gasteiger partial charge in [-0.05, 0) is 37.7 Å². The number of hydrogen-bond acceptors (Lipinski definition) is 3. The molecule has 0 aromatic heterocycles. The molecule has 1 aliphatic carbocycles. The smallest absolute Gasteiger partial charge is 0.225 e. The molecule has 5 nitrogen and oxygen atoms in total. The van der Waals surface area contributed by atoms with Crippen molar-refractivity contribution in [1.82, 2.24) is 9.80 Å². The number of nitrogens with zero attached hydrogens (tertiary/aromatic N) is 2. The van der Waals surface area contributed by atoms with E-state index in [0.29, 0.717) is 19.5 Å². The van der Waals surface area contributed by atoms with Gasteiger partial charge in [0.25, 0.3) is 0 Å². The second-order valence-corrected chi connectivity index (χ2v) is 7.32. The van der Waals surface area contributed by atoms with E-state index in [1.807, 2.05) is 28.0 Å². The first-order chi connectivity index (χ1) is 12.1. The molecule has 1 saturated carbocycles. The Bertz CT molecular complexity index is 590. The largest absolute Gasteiger partial charge is 0.341 e. The Hall–Kier alpha value is -1.88. The van der Waals surface area contributed by atoms with E-state index in [9.17, 15) is 9.59 Å². The highest BCUT2D eigenvalue weighted by Crippen LogP contribution is 2.26. The van der Waals surface area contributed by atoms with Crippen LogP contribution in [0.4, 0.5) is 0 Å². The fraction of sp³-hybridized carbons (Fsp3) is 0.600. The van der Waals surface area contributed by atoms with Crippen LogP contribution in [0.25, 0.3) is 0 Å². The standard InChI is InChI=1S/C20H29N3O2/c21-18-9-8-17(15-18)20(25)23-12-4-11-22(13-14-23)19(24)10-7-16-5-2-1-3-6-16/h1-3,5-6,17-18H,4,7-15,21H2/t17-,18+/m1/s1. The average Bonchev–Trinajstić information content (AvgIpc) is 2.92. The summed E-state index contributed by atoms with van der Waals surface area (Å²) in [4.78, 5) is 29.0. The normalized spacial score (nSPS) is 24.2. The molecule has 2 aliphatic rings. The fourth-order valence-corrected chi connectivity index (χ4v) is 3.94. The number of rotatable bonds is 4. The van der Waals surface area contributed by atoms with Crippen LogP contribution < -0.4 is 5.73 Å². The SMILES string of the molecule is N[C@H]1CC[C@@H](C(=O)N2CCCN(C(=O)CCc3ccccc3)CC2)C1. The minimum atomic E-state index is 0.0929. The zero-order chi connectivity index (χ0) is 17.6. The maximum Gasteiger partial charge on any atom is 0.225 e. The molecule has 5 heteroatoms. The van der Waals surface area contributed by atoms with Crippen molar-refractivity contribution in [3.63, 3.8) is 0 Å². The number of carbonyl (C=O) groups is 2. The summed E-state index contributed by atoms with van der Waals surface area (Å²) in [6.45, 7) is 2.81. The van der Waals surface area contributed by atoms with Crippen LogP contribution >= 0.6 is 0 Å². The van der Waals surface area contributed by atoms with Crippen molar-refractivity contribution in [2.75, 3.05) is 26.2 Å². The monoisotopic (exact) mass is 343 g/mol. The Labute approximate surface area is 150 Å². The van der Waals surface area contributed by atoms with Gasteiger partial charge in [0, 0.05) is 44.6 Å². The second-order valence-electron chi connectivity index (χ2n) is 7.32. The molecule has 1 heterocycles. The Morgan fingerprint density at radius 3 is 2.44 bits per heavy atom. The molecule has 1 saturated heterocycles. The lowest BCUT2D eigenvalue weighted by Crippen LogP contribution is -2.39. The summed E-state index contributed by atoms with van der Waals surface area (Å²) in [5.74, 6) is 0.530. The Morgan fingerprint density at radius 1 is 1.00 bits per heavy atom. The molecule has 2 N–H and O–H groups in total. The summed E-state index contributed by atoms with van der Waals surface area (Å²) < 4.78 is 0. The summed E-state index contributed by atoms with van der Waals surface area (Å²) in [6, 6.07) is 10.3. The van der Waals surface area contributed by atoms with Gasteiger partial charge in [0.15, 0.2) is 0 Å². The van der Waals surface area contributed by atoms with Gasteiger partial charge in [-0.15, -0.1) is 0 Å². The van der Waals surface area contributed by atoms with E-state index < -0.39 is 0 Å². The quantitative estimate of drug-likeness (QED) is 0.907. The highest BCUT2D eigenvalue weighted by molar-refractivity contribution is 5.80. The van der Waals surface area contributed by atoms with Gasteiger partial charge < -0.3 is 15.5 Å². The van der Waals surface area contributed by atoms with Crippen LogP contribution in [0.15, 0.2) is 30.3 Å². The fourth-order valence-electron chi connectivity index (χ4n) is 3.94. The van der Waals surface area contributed by atoms with Crippen molar-refractivity contribution in [2.45, 2.75) is 44.6 Å². The molecule has 136 valence electrons. The molecular weight excluding hydrogens is 314 g/mol. The van der Waals surface area contributed by atoms with Gasteiger partial charge in [-0.25, -0.2) is 0 Å². The summed E-state index contributed by atoms with van der Waals surface area (Å²) in [6.07, 6.45) is 4.86. The summed E-state index contributed by atoms with van der Waals surface area (Å²) >= 11 is 0. The maximum absolute atomic E-state index is 12.7. The Kier molecular flexibility index (Phi) is 6.08. The van der Waals surface area contributed by atoms with Crippen LogP contribution in [0.1, 0.15) is 37.7 Å². The summed E-state index contributed by atoms with van der Waals surface area (Å²) in [7, 11) is 0. The van der Waals surface area contributed by atoms with Gasteiger partial charge in [0.2, 0.25) is 11.8 Å². The predicted octanol–water partition coefficient (Wildman–Crippen LogP) is 1.81. The molecule has 2 atom stereocenters. The summed E-state index contributed by atoms with van der Waals surface area (Å²) in [5, 5.41) is 0. The van der Waals surface area contributed by atoms with Crippen molar-refractivity contribution in [1.29, 1.82) is 0 Å². The molecule has 2 amide bonds. The van der Waals surface area contributed by atoms with Gasteiger partial charge in [-0.2, -0.15) is 0 Å². The second kappa shape index (κ2) is 8.48. The molecule has 0 spiro atoms. The molecular formula is C20H29N3O2. The average molecular weight is 343 g/mol. The third-order valence-corrected chi connectivity index (χ3v) is 5.45. The number of hydrogen-bond donors (Lipinski definition) is 1. The Balaban J connectivity index is 1.47. The molecule has 0 bridgehead atoms. The lowest BCUT2D eigenvalue weighted by Gasteiger charge is -2.24. The zero-order valence-corrected chi connectivity index (χ0v) is 14.9. The molecule has 1 aliphatic heterocycles. The van der Waals surface area contributed by atoms with Crippen LogP contribution in [0.5, 0.6) is 0 Å². The number of amides is 2. The van der Waals surface area contributed by atoms with E-state index in [1.165, 1.54) is 5.56 Å². The molecule has 25 heavy (non-hydrogen) atoms. The van der Waals surface area contributed by atoms with E-state index >= 15 is 0 Å². The van der Waals surface area contributed by atoms with E-state index in [-0.39, 0.29) is 23.8 Å². The topological polar surface area (TPSA) is 66.6 Å². The van der Waals surface area contributed by atoms with E-state index in [0.717, 1.165) is 45.2 Å². The van der Waals surface area contributed by atoms with Crippen LogP contribution in [0.2, 0.25) is 0 Å². The van der Waals surface area contributed by atoms with E-state index in [2.05, 4.69) is 12.1 Å². The molecule has 1 aromatic carbocycles. The van der Waals surface area contributed by atoms with Crippen molar-refractivity contribution >= 4 is 11.8 Å². The highest BCUT2D eigenvalue weighted by Gasteiger charge is 2.32. The lowest BCUT2D eigenvalue weighted by molar-refractivity contribution is -0.136. The van der Waals surface area contributed by atoms with Crippen molar-refractivity contribution in [2.24, 2.45) is 11.7 Å². The molecule has 3 rings (SSSR count). The van der Waals surface area contributed by atoms with Crippen molar-refractivity contribution in [3.05, 3.63) is 35.9 Å². The number of aryl methyl sites for hydroxylation is 1. The number of benzene rings is 1. The van der Waals surface area contributed by atoms with E-state index in [4.69, 9.17) is 5.73 Å².